The maximum absolute atomic E-state index is 12.9. The van der Waals surface area contributed by atoms with Gasteiger partial charge < -0.3 is 9.64 Å². The van der Waals surface area contributed by atoms with Crippen LogP contribution in [0.5, 0.6) is 0 Å². The number of carbonyl (C=O) groups excluding carboxylic acids is 1. The normalized spacial score (nSPS) is 19.4. The standard InChI is InChI=1S/C22H26N2O4S/c1-23(16-20-7-4-14-28-20)29(26,27)21-10-8-18(9-11-21)22(25)24-13-12-17-5-2-3-6-19(17)15-24/h2-3,5-6,8-11,20H,4,7,12-16H2,1H3/t20-/m1/s1. The number of carbonyl (C=O) groups is 1. The van der Waals surface area contributed by atoms with Crippen LogP contribution in [0.3, 0.4) is 0 Å². The Kier molecular flexibility index (Phi) is 5.72. The van der Waals surface area contributed by atoms with Crippen LogP contribution in [0.25, 0.3) is 0 Å². The van der Waals surface area contributed by atoms with Crippen molar-refractivity contribution in [2.75, 3.05) is 26.7 Å². The molecule has 7 heteroatoms. The highest BCUT2D eigenvalue weighted by atomic mass is 32.2. The van der Waals surface area contributed by atoms with E-state index in [0.29, 0.717) is 31.8 Å². The van der Waals surface area contributed by atoms with Crippen LogP contribution in [0.4, 0.5) is 0 Å². The molecule has 0 unspecified atom stereocenters. The molecule has 1 amide bonds. The fraction of sp³-hybridized carbons (Fsp3) is 0.409. The first kappa shape index (κ1) is 20.1. The molecule has 2 aromatic carbocycles. The van der Waals surface area contributed by atoms with E-state index in [0.717, 1.165) is 19.3 Å². The first-order chi connectivity index (χ1) is 13.9. The zero-order chi connectivity index (χ0) is 20.4. The minimum Gasteiger partial charge on any atom is -0.377 e. The molecule has 0 radical (unpaired) electrons. The Labute approximate surface area is 172 Å². The average Bonchev–Trinajstić information content (AvgIpc) is 3.26. The van der Waals surface area contributed by atoms with Crippen LogP contribution in [0.2, 0.25) is 0 Å². The molecule has 0 saturated carbocycles. The summed E-state index contributed by atoms with van der Waals surface area (Å²) >= 11 is 0. The molecule has 154 valence electrons. The molecule has 2 heterocycles. The van der Waals surface area contributed by atoms with Crippen molar-refractivity contribution < 1.29 is 17.9 Å². The van der Waals surface area contributed by atoms with Crippen molar-refractivity contribution in [2.24, 2.45) is 0 Å². The van der Waals surface area contributed by atoms with Crippen molar-refractivity contribution in [3.8, 4) is 0 Å². The van der Waals surface area contributed by atoms with Crippen molar-refractivity contribution in [3.63, 3.8) is 0 Å². The number of hydrogen-bond donors (Lipinski definition) is 0. The highest BCUT2D eigenvalue weighted by Crippen LogP contribution is 2.22. The quantitative estimate of drug-likeness (QED) is 0.755. The molecule has 29 heavy (non-hydrogen) atoms. The van der Waals surface area contributed by atoms with Crippen molar-refractivity contribution in [1.29, 1.82) is 0 Å². The van der Waals surface area contributed by atoms with Crippen LogP contribution >= 0.6 is 0 Å². The largest absolute Gasteiger partial charge is 0.377 e. The third kappa shape index (κ3) is 4.22. The first-order valence-corrected chi connectivity index (χ1v) is 11.4. The van der Waals surface area contributed by atoms with Crippen LogP contribution in [0.1, 0.15) is 34.3 Å². The molecule has 0 spiro atoms. The van der Waals surface area contributed by atoms with Crippen LogP contribution in [0, 0.1) is 0 Å². The Morgan fingerprint density at radius 1 is 1.14 bits per heavy atom. The average molecular weight is 415 g/mol. The van der Waals surface area contributed by atoms with Crippen molar-refractivity contribution in [3.05, 3.63) is 65.2 Å². The second kappa shape index (κ2) is 8.26. The lowest BCUT2D eigenvalue weighted by Crippen LogP contribution is -2.36. The first-order valence-electron chi connectivity index (χ1n) is 9.99. The summed E-state index contributed by atoms with van der Waals surface area (Å²) in [6.45, 7) is 2.28. The van der Waals surface area contributed by atoms with Gasteiger partial charge in [-0.05, 0) is 54.7 Å². The van der Waals surface area contributed by atoms with Gasteiger partial charge in [0, 0.05) is 38.9 Å². The maximum atomic E-state index is 12.9. The number of nitrogens with zero attached hydrogens (tertiary/aromatic N) is 2. The Morgan fingerprint density at radius 2 is 1.86 bits per heavy atom. The van der Waals surface area contributed by atoms with Crippen LogP contribution in [-0.4, -0.2) is 56.4 Å². The molecular formula is C22H26N2O4S. The lowest BCUT2D eigenvalue weighted by atomic mass is 9.99. The molecule has 1 saturated heterocycles. The molecule has 2 aliphatic heterocycles. The molecular weight excluding hydrogens is 388 g/mol. The maximum Gasteiger partial charge on any atom is 0.254 e. The number of ether oxygens (including phenoxy) is 1. The van der Waals surface area contributed by atoms with Crippen LogP contribution in [-0.2, 0) is 27.7 Å². The monoisotopic (exact) mass is 414 g/mol. The molecule has 0 aromatic heterocycles. The summed E-state index contributed by atoms with van der Waals surface area (Å²) in [5, 5.41) is 0. The van der Waals surface area contributed by atoms with E-state index in [4.69, 9.17) is 4.74 Å². The molecule has 1 fully saturated rings. The van der Waals surface area contributed by atoms with Crippen molar-refractivity contribution >= 4 is 15.9 Å². The van der Waals surface area contributed by atoms with E-state index in [9.17, 15) is 13.2 Å². The number of benzene rings is 2. The molecule has 6 nitrogen and oxygen atoms in total. The highest BCUT2D eigenvalue weighted by Gasteiger charge is 2.27. The van der Waals surface area contributed by atoms with Gasteiger partial charge in [-0.25, -0.2) is 8.42 Å². The van der Waals surface area contributed by atoms with Gasteiger partial charge in [0.2, 0.25) is 10.0 Å². The molecule has 0 N–H and O–H groups in total. The third-order valence-corrected chi connectivity index (χ3v) is 7.55. The summed E-state index contributed by atoms with van der Waals surface area (Å²) in [6.07, 6.45) is 2.64. The summed E-state index contributed by atoms with van der Waals surface area (Å²) < 4.78 is 32.5. The minimum atomic E-state index is -3.61. The van der Waals surface area contributed by atoms with E-state index in [-0.39, 0.29) is 16.9 Å². The van der Waals surface area contributed by atoms with Crippen molar-refractivity contribution in [2.45, 2.75) is 36.8 Å². The molecule has 0 bridgehead atoms. The number of rotatable bonds is 5. The fourth-order valence-electron chi connectivity index (χ4n) is 3.97. The topological polar surface area (TPSA) is 66.9 Å². The second-order valence-corrected chi connectivity index (χ2v) is 9.74. The lowest BCUT2D eigenvalue weighted by molar-refractivity contribution is 0.0734. The fourth-order valence-corrected chi connectivity index (χ4v) is 5.18. The zero-order valence-electron chi connectivity index (χ0n) is 16.6. The zero-order valence-corrected chi connectivity index (χ0v) is 17.4. The number of sulfonamides is 1. The Balaban J connectivity index is 1.45. The Hall–Kier alpha value is -2.22. The Bertz CT molecular complexity index is 982. The SMILES string of the molecule is CN(C[C@H]1CCCO1)S(=O)(=O)c1ccc(C(=O)N2CCc3ccccc3C2)cc1. The predicted molar refractivity (Wildman–Crippen MR) is 110 cm³/mol. The van der Waals surface area contributed by atoms with E-state index in [1.807, 2.05) is 23.1 Å². The van der Waals surface area contributed by atoms with Gasteiger partial charge in [-0.2, -0.15) is 4.31 Å². The summed E-state index contributed by atoms with van der Waals surface area (Å²) in [6, 6.07) is 14.4. The van der Waals surface area contributed by atoms with Crippen LogP contribution in [0.15, 0.2) is 53.4 Å². The predicted octanol–water partition coefficient (Wildman–Crippen LogP) is 2.68. The van der Waals surface area contributed by atoms with E-state index in [2.05, 4.69) is 6.07 Å². The lowest BCUT2D eigenvalue weighted by Gasteiger charge is -2.29. The molecule has 0 aliphatic carbocycles. The van der Waals surface area contributed by atoms with E-state index in [1.165, 1.54) is 27.6 Å². The van der Waals surface area contributed by atoms with Gasteiger partial charge in [0.05, 0.1) is 11.0 Å². The number of hydrogen-bond acceptors (Lipinski definition) is 4. The van der Waals surface area contributed by atoms with E-state index < -0.39 is 10.0 Å². The summed E-state index contributed by atoms with van der Waals surface area (Å²) in [7, 11) is -2.03. The molecule has 2 aromatic rings. The third-order valence-electron chi connectivity index (χ3n) is 5.71. The van der Waals surface area contributed by atoms with E-state index in [1.54, 1.807) is 19.2 Å². The highest BCUT2D eigenvalue weighted by molar-refractivity contribution is 7.89. The van der Waals surface area contributed by atoms with Crippen molar-refractivity contribution in [1.82, 2.24) is 9.21 Å². The second-order valence-electron chi connectivity index (χ2n) is 7.69. The number of likely N-dealkylation sites (N-methyl/N-ethyl adjacent to an activating group) is 1. The molecule has 4 rings (SSSR count). The van der Waals surface area contributed by atoms with Crippen LogP contribution < -0.4 is 0 Å². The molecule has 1 atom stereocenters. The van der Waals surface area contributed by atoms with Gasteiger partial charge in [0.25, 0.3) is 5.91 Å². The van der Waals surface area contributed by atoms with Gasteiger partial charge >= 0.3 is 0 Å². The number of amides is 1. The van der Waals surface area contributed by atoms with Gasteiger partial charge in [0.1, 0.15) is 0 Å². The van der Waals surface area contributed by atoms with Gasteiger partial charge in [-0.3, -0.25) is 4.79 Å². The Morgan fingerprint density at radius 3 is 2.55 bits per heavy atom. The molecule has 2 aliphatic rings. The minimum absolute atomic E-state index is 0.0439. The van der Waals surface area contributed by atoms with Gasteiger partial charge in [-0.15, -0.1) is 0 Å². The summed E-state index contributed by atoms with van der Waals surface area (Å²) in [4.78, 5) is 14.9. The number of fused-ring (bicyclic) bond motifs is 1. The summed E-state index contributed by atoms with van der Waals surface area (Å²) in [5.74, 6) is -0.0730. The summed E-state index contributed by atoms with van der Waals surface area (Å²) in [5.41, 5.74) is 2.96. The smallest absolute Gasteiger partial charge is 0.254 e. The van der Waals surface area contributed by atoms with Gasteiger partial charge in [-0.1, -0.05) is 24.3 Å². The van der Waals surface area contributed by atoms with E-state index >= 15 is 0 Å². The van der Waals surface area contributed by atoms with Gasteiger partial charge in [0.15, 0.2) is 0 Å².